The van der Waals surface area contributed by atoms with Crippen molar-refractivity contribution in [1.29, 1.82) is 5.26 Å². The molecule has 3 rings (SSSR count). The van der Waals surface area contributed by atoms with Crippen molar-refractivity contribution in [1.82, 2.24) is 25.0 Å². The quantitative estimate of drug-likeness (QED) is 0.617. The molecule has 0 saturated heterocycles. The van der Waals surface area contributed by atoms with Crippen LogP contribution in [0.25, 0.3) is 5.69 Å². The molecule has 31 heavy (non-hydrogen) atoms. The third-order valence-electron chi connectivity index (χ3n) is 5.83. The smallest absolute Gasteiger partial charge is 0.234 e. The van der Waals surface area contributed by atoms with Crippen molar-refractivity contribution in [2.45, 2.75) is 67.9 Å². The molecule has 2 atom stereocenters. The number of carbonyl (C=O) groups is 1. The Morgan fingerprint density at radius 1 is 1.23 bits per heavy atom. The number of thioether (sulfide) groups is 1. The van der Waals surface area contributed by atoms with Crippen molar-refractivity contribution in [2.75, 3.05) is 14.1 Å². The summed E-state index contributed by atoms with van der Waals surface area (Å²) in [5, 5.41) is 22.4. The minimum atomic E-state index is -0.751. The molecule has 1 aliphatic rings. The molecule has 2 aromatic rings. The van der Waals surface area contributed by atoms with Crippen LogP contribution in [0.4, 0.5) is 0 Å². The van der Waals surface area contributed by atoms with Gasteiger partial charge in [0.15, 0.2) is 11.0 Å². The molecule has 0 bridgehead atoms. The fourth-order valence-corrected chi connectivity index (χ4v) is 4.66. The molecular weight excluding hydrogens is 432 g/mol. The SMILES string of the molecule is C[C@H](Sc1nnc([C@H](C)N(C)C)n1-c1ccc(Cl)cc1)C(=O)NC1(C#N)CCCCC1. The van der Waals surface area contributed by atoms with E-state index >= 15 is 0 Å². The van der Waals surface area contributed by atoms with Gasteiger partial charge in [0.2, 0.25) is 5.91 Å². The number of nitrogens with one attached hydrogen (secondary N) is 1. The van der Waals surface area contributed by atoms with Crippen LogP contribution in [0.1, 0.15) is 57.8 Å². The lowest BCUT2D eigenvalue weighted by Gasteiger charge is -2.32. The topological polar surface area (TPSA) is 86.8 Å². The number of hydrogen-bond donors (Lipinski definition) is 1. The fourth-order valence-electron chi connectivity index (χ4n) is 3.66. The lowest BCUT2D eigenvalue weighted by atomic mass is 9.83. The van der Waals surface area contributed by atoms with Crippen LogP contribution in [-0.4, -0.2) is 50.5 Å². The largest absolute Gasteiger partial charge is 0.337 e. The number of nitriles is 1. The van der Waals surface area contributed by atoms with Crippen molar-refractivity contribution in [3.8, 4) is 11.8 Å². The standard InChI is InChI=1S/C22H29ClN6OS/c1-15(28(3)4)19-26-27-21(29(19)18-10-8-17(23)9-11-18)31-16(2)20(30)25-22(14-24)12-6-5-7-13-22/h8-11,15-16H,5-7,12-13H2,1-4H3,(H,25,30)/t15-,16-/m0/s1. The van der Waals surface area contributed by atoms with Crippen LogP contribution in [-0.2, 0) is 4.79 Å². The summed E-state index contributed by atoms with van der Waals surface area (Å²) in [5.74, 6) is 0.629. The van der Waals surface area contributed by atoms with Gasteiger partial charge in [0.1, 0.15) is 5.54 Å². The van der Waals surface area contributed by atoms with E-state index in [1.807, 2.05) is 49.9 Å². The molecule has 0 aliphatic heterocycles. The van der Waals surface area contributed by atoms with Crippen LogP contribution in [0.15, 0.2) is 29.4 Å². The Kier molecular flexibility index (Phi) is 7.63. The van der Waals surface area contributed by atoms with Gasteiger partial charge in [-0.1, -0.05) is 42.6 Å². The predicted molar refractivity (Wildman–Crippen MR) is 123 cm³/mol. The number of amides is 1. The van der Waals surface area contributed by atoms with E-state index < -0.39 is 10.8 Å². The Morgan fingerprint density at radius 2 is 1.87 bits per heavy atom. The molecule has 0 spiro atoms. The van der Waals surface area contributed by atoms with Gasteiger partial charge in [0, 0.05) is 10.7 Å². The van der Waals surface area contributed by atoms with E-state index in [-0.39, 0.29) is 11.9 Å². The van der Waals surface area contributed by atoms with Crippen molar-refractivity contribution >= 4 is 29.3 Å². The van der Waals surface area contributed by atoms with Crippen LogP contribution >= 0.6 is 23.4 Å². The van der Waals surface area contributed by atoms with Gasteiger partial charge in [-0.25, -0.2) is 0 Å². The molecular formula is C22H29ClN6OS. The molecule has 166 valence electrons. The summed E-state index contributed by atoms with van der Waals surface area (Å²) in [5.41, 5.74) is 0.132. The average Bonchev–Trinajstić information content (AvgIpc) is 3.17. The molecule has 1 aliphatic carbocycles. The molecule has 7 nitrogen and oxygen atoms in total. The summed E-state index contributed by atoms with van der Waals surface area (Å²) in [6.45, 7) is 3.89. The van der Waals surface area contributed by atoms with Crippen LogP contribution in [0.5, 0.6) is 0 Å². The van der Waals surface area contributed by atoms with Crippen LogP contribution < -0.4 is 5.32 Å². The molecule has 1 amide bonds. The zero-order chi connectivity index (χ0) is 22.6. The van der Waals surface area contributed by atoms with E-state index in [1.54, 1.807) is 0 Å². The number of rotatable bonds is 7. The van der Waals surface area contributed by atoms with E-state index in [0.717, 1.165) is 30.8 Å². The number of carbonyl (C=O) groups excluding carboxylic acids is 1. The summed E-state index contributed by atoms with van der Waals surface area (Å²) < 4.78 is 1.97. The molecule has 1 heterocycles. The second kappa shape index (κ2) is 10.0. The Morgan fingerprint density at radius 3 is 2.45 bits per heavy atom. The molecule has 0 unspecified atom stereocenters. The Hall–Kier alpha value is -2.08. The molecule has 1 N–H and O–H groups in total. The van der Waals surface area contributed by atoms with E-state index in [4.69, 9.17) is 11.6 Å². The lowest BCUT2D eigenvalue weighted by molar-refractivity contribution is -0.121. The second-order valence-corrected chi connectivity index (χ2v) is 10.0. The van der Waals surface area contributed by atoms with Gasteiger partial charge in [-0.3, -0.25) is 14.3 Å². The minimum Gasteiger partial charge on any atom is -0.337 e. The highest BCUT2D eigenvalue weighted by atomic mass is 35.5. The van der Waals surface area contributed by atoms with Gasteiger partial charge >= 0.3 is 0 Å². The zero-order valence-corrected chi connectivity index (χ0v) is 20.0. The van der Waals surface area contributed by atoms with Gasteiger partial charge in [-0.15, -0.1) is 10.2 Å². The summed E-state index contributed by atoms with van der Waals surface area (Å²) in [6, 6.07) is 9.85. The first-order chi connectivity index (χ1) is 14.8. The van der Waals surface area contributed by atoms with Gasteiger partial charge < -0.3 is 5.32 Å². The third-order valence-corrected chi connectivity index (χ3v) is 7.12. The predicted octanol–water partition coefficient (Wildman–Crippen LogP) is 4.37. The van der Waals surface area contributed by atoms with Crippen molar-refractivity contribution in [3.05, 3.63) is 35.1 Å². The van der Waals surface area contributed by atoms with Crippen LogP contribution in [0.3, 0.4) is 0 Å². The first-order valence-electron chi connectivity index (χ1n) is 10.5. The number of aromatic nitrogens is 3. The van der Waals surface area contributed by atoms with Crippen molar-refractivity contribution in [2.24, 2.45) is 0 Å². The van der Waals surface area contributed by atoms with Crippen molar-refractivity contribution in [3.63, 3.8) is 0 Å². The van der Waals surface area contributed by atoms with Crippen molar-refractivity contribution < 1.29 is 4.79 Å². The van der Waals surface area contributed by atoms with E-state index in [9.17, 15) is 10.1 Å². The maximum Gasteiger partial charge on any atom is 0.234 e. The molecule has 0 radical (unpaired) electrons. The highest BCUT2D eigenvalue weighted by Gasteiger charge is 2.35. The minimum absolute atomic E-state index is 0.0192. The first kappa shape index (κ1) is 23.6. The second-order valence-electron chi connectivity index (χ2n) is 8.30. The molecule has 1 fully saturated rings. The Bertz CT molecular complexity index is 946. The van der Waals surface area contributed by atoms with Gasteiger partial charge in [0.05, 0.1) is 17.4 Å². The molecule has 1 aromatic carbocycles. The van der Waals surface area contributed by atoms with Crippen LogP contribution in [0, 0.1) is 11.3 Å². The summed E-state index contributed by atoms with van der Waals surface area (Å²) >= 11 is 7.42. The van der Waals surface area contributed by atoms with Gasteiger partial charge in [-0.05, 0) is 65.0 Å². The van der Waals surface area contributed by atoms with Gasteiger partial charge in [-0.2, -0.15) is 5.26 Å². The van der Waals surface area contributed by atoms with E-state index in [1.165, 1.54) is 11.8 Å². The van der Waals surface area contributed by atoms with Crippen LogP contribution in [0.2, 0.25) is 5.02 Å². The first-order valence-corrected chi connectivity index (χ1v) is 11.8. The summed E-state index contributed by atoms with van der Waals surface area (Å²) in [6.07, 6.45) is 4.45. The number of nitrogens with zero attached hydrogens (tertiary/aromatic N) is 5. The molecule has 9 heteroatoms. The fraction of sp³-hybridized carbons (Fsp3) is 0.545. The highest BCUT2D eigenvalue weighted by molar-refractivity contribution is 8.00. The highest BCUT2D eigenvalue weighted by Crippen LogP contribution is 2.31. The number of hydrogen-bond acceptors (Lipinski definition) is 6. The Balaban J connectivity index is 1.85. The average molecular weight is 461 g/mol. The number of benzene rings is 1. The molecule has 1 saturated carbocycles. The summed E-state index contributed by atoms with van der Waals surface area (Å²) in [7, 11) is 3.97. The van der Waals surface area contributed by atoms with Gasteiger partial charge in [0.25, 0.3) is 0 Å². The normalized spacial score (nSPS) is 17.7. The maximum absolute atomic E-state index is 13.0. The van der Waals surface area contributed by atoms with E-state index in [2.05, 4.69) is 33.4 Å². The number of halogens is 1. The summed E-state index contributed by atoms with van der Waals surface area (Å²) in [4.78, 5) is 15.0. The Labute approximate surface area is 193 Å². The van der Waals surface area contributed by atoms with E-state index in [0.29, 0.717) is 23.0 Å². The lowest BCUT2D eigenvalue weighted by Crippen LogP contribution is -2.51. The zero-order valence-electron chi connectivity index (χ0n) is 18.4. The maximum atomic E-state index is 13.0. The molecule has 1 aromatic heterocycles. The monoisotopic (exact) mass is 460 g/mol. The third kappa shape index (κ3) is 5.40.